The third-order valence-electron chi connectivity index (χ3n) is 2.77. The van der Waals surface area contributed by atoms with E-state index in [4.69, 9.17) is 22.1 Å². The molecule has 1 aromatic carbocycles. The minimum atomic E-state index is -0.511. The van der Waals surface area contributed by atoms with Crippen molar-refractivity contribution in [2.24, 2.45) is 5.73 Å². The van der Waals surface area contributed by atoms with Crippen LogP contribution in [0.1, 0.15) is 37.8 Å². The summed E-state index contributed by atoms with van der Waals surface area (Å²) in [6.45, 7) is 8.27. The highest BCUT2D eigenvalue weighted by Crippen LogP contribution is 2.25. The number of rotatable bonds is 4. The van der Waals surface area contributed by atoms with Crippen LogP contribution in [-0.4, -0.2) is 24.8 Å². The second-order valence-corrected chi connectivity index (χ2v) is 6.25. The molecule has 0 radical (unpaired) electrons. The lowest BCUT2D eigenvalue weighted by atomic mass is 9.97. The van der Waals surface area contributed by atoms with E-state index in [1.807, 2.05) is 45.9 Å². The van der Waals surface area contributed by atoms with E-state index in [1.165, 1.54) is 0 Å². The van der Waals surface area contributed by atoms with Gasteiger partial charge in [-0.3, -0.25) is 0 Å². The van der Waals surface area contributed by atoms with Gasteiger partial charge in [-0.05, 0) is 39.3 Å². The summed E-state index contributed by atoms with van der Waals surface area (Å²) in [6.07, 6.45) is -0.445. The minimum absolute atomic E-state index is 0.0325. The molecule has 1 aromatic rings. The normalized spacial score (nSPS) is 12.9. The number of ether oxygens (including phenoxy) is 1. The zero-order chi connectivity index (χ0) is 15.3. The SMILES string of the molecule is Cc1ccc(Cl)c(C(CN)CNC(=O)OC(C)(C)C)c1. The number of hydrogen-bond donors (Lipinski definition) is 2. The molecule has 0 spiro atoms. The van der Waals surface area contributed by atoms with Crippen LogP contribution in [0.25, 0.3) is 0 Å². The summed E-state index contributed by atoms with van der Waals surface area (Å²) in [7, 11) is 0. The van der Waals surface area contributed by atoms with Gasteiger partial charge in [-0.25, -0.2) is 4.79 Å². The summed E-state index contributed by atoms with van der Waals surface area (Å²) in [5.74, 6) is -0.0325. The Balaban J connectivity index is 2.68. The molecule has 0 aromatic heterocycles. The van der Waals surface area contributed by atoms with Crippen molar-refractivity contribution in [2.75, 3.05) is 13.1 Å². The van der Waals surface area contributed by atoms with E-state index in [0.717, 1.165) is 11.1 Å². The van der Waals surface area contributed by atoms with Crippen molar-refractivity contribution in [3.8, 4) is 0 Å². The average molecular weight is 299 g/mol. The molecule has 1 unspecified atom stereocenters. The summed E-state index contributed by atoms with van der Waals surface area (Å²) in [4.78, 5) is 11.7. The molecule has 0 saturated heterocycles. The molecule has 1 rings (SSSR count). The number of alkyl carbamates (subject to hydrolysis) is 1. The van der Waals surface area contributed by atoms with Crippen LogP contribution in [-0.2, 0) is 4.74 Å². The van der Waals surface area contributed by atoms with Crippen LogP contribution >= 0.6 is 11.6 Å². The van der Waals surface area contributed by atoms with Gasteiger partial charge in [-0.2, -0.15) is 0 Å². The summed E-state index contributed by atoms with van der Waals surface area (Å²) < 4.78 is 5.20. The minimum Gasteiger partial charge on any atom is -0.444 e. The first-order valence-electron chi connectivity index (χ1n) is 6.66. The molecule has 0 aliphatic heterocycles. The Morgan fingerprint density at radius 2 is 2.10 bits per heavy atom. The Hall–Kier alpha value is -1.26. The molecule has 5 heteroatoms. The summed E-state index contributed by atoms with van der Waals surface area (Å²) >= 11 is 6.19. The van der Waals surface area contributed by atoms with Gasteiger partial charge in [0.05, 0.1) is 0 Å². The number of nitrogens with one attached hydrogen (secondary N) is 1. The maximum atomic E-state index is 11.7. The molecule has 0 bridgehead atoms. The second-order valence-electron chi connectivity index (χ2n) is 5.84. The van der Waals surface area contributed by atoms with Crippen LogP contribution in [0.3, 0.4) is 0 Å². The molecule has 0 fully saturated rings. The highest BCUT2D eigenvalue weighted by atomic mass is 35.5. The number of halogens is 1. The molecule has 1 atom stereocenters. The largest absolute Gasteiger partial charge is 0.444 e. The molecule has 0 aliphatic rings. The smallest absolute Gasteiger partial charge is 0.407 e. The van der Waals surface area contributed by atoms with E-state index in [9.17, 15) is 4.79 Å². The van der Waals surface area contributed by atoms with Gasteiger partial charge in [0.1, 0.15) is 5.60 Å². The molecule has 0 heterocycles. The van der Waals surface area contributed by atoms with E-state index >= 15 is 0 Å². The average Bonchev–Trinajstić information content (AvgIpc) is 2.32. The number of benzene rings is 1. The van der Waals surface area contributed by atoms with E-state index in [2.05, 4.69) is 5.32 Å². The number of hydrogen-bond acceptors (Lipinski definition) is 3. The van der Waals surface area contributed by atoms with Crippen molar-refractivity contribution in [2.45, 2.75) is 39.2 Å². The Labute approximate surface area is 125 Å². The summed E-state index contributed by atoms with van der Waals surface area (Å²) in [5, 5.41) is 3.40. The lowest BCUT2D eigenvalue weighted by Crippen LogP contribution is -2.36. The maximum absolute atomic E-state index is 11.7. The molecule has 4 nitrogen and oxygen atoms in total. The van der Waals surface area contributed by atoms with Gasteiger partial charge in [-0.1, -0.05) is 29.3 Å². The summed E-state index contributed by atoms with van der Waals surface area (Å²) in [5.41, 5.74) is 7.34. The van der Waals surface area contributed by atoms with Crippen LogP contribution in [0.4, 0.5) is 4.79 Å². The maximum Gasteiger partial charge on any atom is 0.407 e. The lowest BCUT2D eigenvalue weighted by Gasteiger charge is -2.22. The van der Waals surface area contributed by atoms with E-state index in [1.54, 1.807) is 0 Å². The van der Waals surface area contributed by atoms with Gasteiger partial charge in [-0.15, -0.1) is 0 Å². The first kappa shape index (κ1) is 16.8. The first-order valence-corrected chi connectivity index (χ1v) is 7.03. The number of amides is 1. The van der Waals surface area contributed by atoms with Gasteiger partial charge >= 0.3 is 6.09 Å². The van der Waals surface area contributed by atoms with Crippen molar-refractivity contribution < 1.29 is 9.53 Å². The fourth-order valence-corrected chi connectivity index (χ4v) is 2.09. The second kappa shape index (κ2) is 6.95. The number of aryl methyl sites for hydroxylation is 1. The molecule has 112 valence electrons. The molecule has 1 amide bonds. The first-order chi connectivity index (χ1) is 9.23. The number of nitrogens with two attached hydrogens (primary N) is 1. The van der Waals surface area contributed by atoms with E-state index < -0.39 is 11.7 Å². The monoisotopic (exact) mass is 298 g/mol. The standard InChI is InChI=1S/C15H23ClN2O2/c1-10-5-6-13(16)12(7-10)11(8-17)9-18-14(19)20-15(2,3)4/h5-7,11H,8-9,17H2,1-4H3,(H,18,19). The molecule has 20 heavy (non-hydrogen) atoms. The fraction of sp³-hybridized carbons (Fsp3) is 0.533. The van der Waals surface area contributed by atoms with Gasteiger partial charge in [0.25, 0.3) is 0 Å². The summed E-state index contributed by atoms with van der Waals surface area (Å²) in [6, 6.07) is 5.79. The third-order valence-corrected chi connectivity index (χ3v) is 3.11. The Morgan fingerprint density at radius 1 is 1.45 bits per heavy atom. The van der Waals surface area contributed by atoms with Crippen molar-refractivity contribution in [1.82, 2.24) is 5.32 Å². The van der Waals surface area contributed by atoms with Crippen molar-refractivity contribution in [3.63, 3.8) is 0 Å². The predicted molar refractivity (Wildman–Crippen MR) is 82.2 cm³/mol. The Kier molecular flexibility index (Phi) is 5.84. The van der Waals surface area contributed by atoms with Gasteiger partial charge in [0.2, 0.25) is 0 Å². The third kappa shape index (κ3) is 5.39. The van der Waals surface area contributed by atoms with Crippen LogP contribution in [0.15, 0.2) is 18.2 Å². The number of carbonyl (C=O) groups excluding carboxylic acids is 1. The van der Waals surface area contributed by atoms with Gasteiger partial charge in [0.15, 0.2) is 0 Å². The predicted octanol–water partition coefficient (Wildman–Crippen LogP) is 3.22. The molecule has 0 aliphatic carbocycles. The fourth-order valence-electron chi connectivity index (χ4n) is 1.82. The molecule has 0 saturated carbocycles. The van der Waals surface area contributed by atoms with Crippen LogP contribution in [0.2, 0.25) is 5.02 Å². The quantitative estimate of drug-likeness (QED) is 0.897. The topological polar surface area (TPSA) is 64.3 Å². The Morgan fingerprint density at radius 3 is 2.65 bits per heavy atom. The molecule has 3 N–H and O–H groups in total. The van der Waals surface area contributed by atoms with Gasteiger partial charge < -0.3 is 15.8 Å². The van der Waals surface area contributed by atoms with Crippen molar-refractivity contribution in [3.05, 3.63) is 34.3 Å². The highest BCUT2D eigenvalue weighted by Gasteiger charge is 2.19. The van der Waals surface area contributed by atoms with E-state index in [0.29, 0.717) is 18.1 Å². The van der Waals surface area contributed by atoms with Gasteiger partial charge in [0, 0.05) is 24.0 Å². The van der Waals surface area contributed by atoms with E-state index in [-0.39, 0.29) is 5.92 Å². The van der Waals surface area contributed by atoms with Crippen LogP contribution in [0.5, 0.6) is 0 Å². The van der Waals surface area contributed by atoms with Crippen LogP contribution in [0, 0.1) is 6.92 Å². The van der Waals surface area contributed by atoms with Crippen molar-refractivity contribution in [1.29, 1.82) is 0 Å². The zero-order valence-corrected chi connectivity index (χ0v) is 13.3. The van der Waals surface area contributed by atoms with Crippen molar-refractivity contribution >= 4 is 17.7 Å². The zero-order valence-electron chi connectivity index (χ0n) is 12.5. The number of carbonyl (C=O) groups is 1. The molecular weight excluding hydrogens is 276 g/mol. The molecular formula is C15H23ClN2O2. The lowest BCUT2D eigenvalue weighted by molar-refractivity contribution is 0.0525. The highest BCUT2D eigenvalue weighted by molar-refractivity contribution is 6.31. The van der Waals surface area contributed by atoms with Crippen LogP contribution < -0.4 is 11.1 Å². The Bertz CT molecular complexity index is 469.